The van der Waals surface area contributed by atoms with Crippen LogP contribution in [-0.2, 0) is 12.6 Å². The number of amidine groups is 1. The van der Waals surface area contributed by atoms with Crippen LogP contribution in [0.2, 0.25) is 5.02 Å². The zero-order valence-corrected chi connectivity index (χ0v) is 20.1. The molecule has 0 fully saturated rings. The number of nitrogens with zero attached hydrogens (tertiary/aromatic N) is 3. The number of halogens is 5. The Hall–Kier alpha value is -3.08. The molecule has 2 N–H and O–H groups in total. The monoisotopic (exact) mass is 528 g/mol. The normalized spacial score (nSPS) is 12.9. The van der Waals surface area contributed by atoms with Gasteiger partial charge in [-0.1, -0.05) is 23.7 Å². The maximum Gasteiger partial charge on any atom is 0.416 e. The predicted octanol–water partition coefficient (Wildman–Crippen LogP) is 5.83. The molecule has 1 atom stereocenters. The molecule has 0 bridgehead atoms. The van der Waals surface area contributed by atoms with Gasteiger partial charge in [0.05, 0.1) is 24.9 Å². The van der Waals surface area contributed by atoms with Gasteiger partial charge in [0.1, 0.15) is 17.3 Å². The summed E-state index contributed by atoms with van der Waals surface area (Å²) in [7, 11) is 1.53. The van der Waals surface area contributed by atoms with Crippen LogP contribution in [0.15, 0.2) is 53.7 Å². The van der Waals surface area contributed by atoms with Gasteiger partial charge in [-0.05, 0) is 49.2 Å². The third-order valence-corrected chi connectivity index (χ3v) is 5.51. The average Bonchev–Trinajstić information content (AvgIpc) is 2.83. The summed E-state index contributed by atoms with van der Waals surface area (Å²) in [6.45, 7) is 1.60. The average molecular weight is 529 g/mol. The zero-order chi connectivity index (χ0) is 25.6. The SMILES string of the molecule is COc1ccc(C[C@H](CCl)N=C(NO)c2nc(C)ncc2Oc2cccc(C(F)(F)F)c2)c(Cl)c1. The second kappa shape index (κ2) is 11.6. The summed E-state index contributed by atoms with van der Waals surface area (Å²) >= 11 is 12.4. The maximum atomic E-state index is 13.1. The molecule has 2 aromatic carbocycles. The highest BCUT2D eigenvalue weighted by atomic mass is 35.5. The number of aromatic nitrogens is 2. The minimum absolute atomic E-state index is 0.0222. The van der Waals surface area contributed by atoms with Crippen molar-refractivity contribution in [3.63, 3.8) is 0 Å². The Bertz CT molecular complexity index is 1210. The van der Waals surface area contributed by atoms with Crippen LogP contribution in [0.25, 0.3) is 0 Å². The Balaban J connectivity index is 1.94. The van der Waals surface area contributed by atoms with Crippen molar-refractivity contribution < 1.29 is 27.9 Å². The number of methoxy groups -OCH3 is 1. The molecule has 0 radical (unpaired) electrons. The minimum Gasteiger partial charge on any atom is -0.497 e. The van der Waals surface area contributed by atoms with Crippen LogP contribution in [0, 0.1) is 6.92 Å². The molecule has 0 spiro atoms. The van der Waals surface area contributed by atoms with Gasteiger partial charge in [-0.15, -0.1) is 11.6 Å². The van der Waals surface area contributed by atoms with Crippen LogP contribution in [0.1, 0.15) is 22.6 Å². The Morgan fingerprint density at radius 3 is 2.60 bits per heavy atom. The molecule has 0 amide bonds. The molecule has 0 unspecified atom stereocenters. The fraction of sp³-hybridized carbons (Fsp3) is 0.261. The van der Waals surface area contributed by atoms with E-state index in [4.69, 9.17) is 32.7 Å². The van der Waals surface area contributed by atoms with Crippen molar-refractivity contribution in [1.29, 1.82) is 0 Å². The molecule has 0 saturated carbocycles. The van der Waals surface area contributed by atoms with Crippen LogP contribution in [0.4, 0.5) is 13.2 Å². The van der Waals surface area contributed by atoms with Crippen molar-refractivity contribution in [2.24, 2.45) is 4.99 Å². The Labute approximate surface area is 209 Å². The Morgan fingerprint density at radius 1 is 1.20 bits per heavy atom. The van der Waals surface area contributed by atoms with E-state index in [9.17, 15) is 18.4 Å². The van der Waals surface area contributed by atoms with E-state index in [0.29, 0.717) is 23.0 Å². The first-order chi connectivity index (χ1) is 16.6. The fourth-order valence-electron chi connectivity index (χ4n) is 3.10. The summed E-state index contributed by atoms with van der Waals surface area (Å²) in [6, 6.07) is 8.98. The van der Waals surface area contributed by atoms with Crippen molar-refractivity contribution in [2.45, 2.75) is 25.6 Å². The van der Waals surface area contributed by atoms with Gasteiger partial charge in [0.25, 0.3) is 0 Å². The third kappa shape index (κ3) is 6.97. The van der Waals surface area contributed by atoms with Crippen LogP contribution in [0.3, 0.4) is 0 Å². The molecular weight excluding hydrogens is 508 g/mol. The standard InChI is InChI=1S/C23H21Cl2F3N4O3/c1-13-29-12-20(35-18-5-3-4-15(9-18)23(26,27)28)21(30-13)22(32-33)31-16(11-24)8-14-6-7-17(34-2)10-19(14)25/h3-7,9-10,12,16,33H,8,11H2,1-2H3,(H,31,32)/t16-/m1/s1. The molecule has 12 heteroatoms. The van der Waals surface area contributed by atoms with Gasteiger partial charge >= 0.3 is 6.18 Å². The molecule has 3 rings (SSSR count). The van der Waals surface area contributed by atoms with Gasteiger partial charge < -0.3 is 9.47 Å². The van der Waals surface area contributed by atoms with E-state index < -0.39 is 17.8 Å². The summed E-state index contributed by atoms with van der Waals surface area (Å²) in [4.78, 5) is 12.7. The van der Waals surface area contributed by atoms with Crippen molar-refractivity contribution >= 4 is 29.0 Å². The molecule has 0 aliphatic heterocycles. The van der Waals surface area contributed by atoms with E-state index in [1.807, 2.05) is 5.48 Å². The smallest absolute Gasteiger partial charge is 0.416 e. The fourth-order valence-corrected chi connectivity index (χ4v) is 3.53. The lowest BCUT2D eigenvalue weighted by Crippen LogP contribution is -2.26. The molecule has 1 aromatic heterocycles. The first-order valence-electron chi connectivity index (χ1n) is 10.2. The van der Waals surface area contributed by atoms with Gasteiger partial charge in [0, 0.05) is 10.9 Å². The highest BCUT2D eigenvalue weighted by molar-refractivity contribution is 6.31. The summed E-state index contributed by atoms with van der Waals surface area (Å²) in [6.07, 6.45) is -2.94. The zero-order valence-electron chi connectivity index (χ0n) is 18.6. The van der Waals surface area contributed by atoms with Crippen LogP contribution < -0.4 is 15.0 Å². The first-order valence-corrected chi connectivity index (χ1v) is 11.1. The van der Waals surface area contributed by atoms with Crippen LogP contribution in [0.5, 0.6) is 17.2 Å². The van der Waals surface area contributed by atoms with Crippen molar-refractivity contribution in [3.05, 3.63) is 76.3 Å². The molecule has 0 aliphatic carbocycles. The Morgan fingerprint density at radius 2 is 1.97 bits per heavy atom. The molecule has 3 aromatic rings. The number of aliphatic imine (C=N–C) groups is 1. The van der Waals surface area contributed by atoms with Crippen molar-refractivity contribution in [2.75, 3.05) is 13.0 Å². The van der Waals surface area contributed by atoms with Gasteiger partial charge in [0.15, 0.2) is 17.3 Å². The number of benzene rings is 2. The maximum absolute atomic E-state index is 13.1. The highest BCUT2D eigenvalue weighted by Gasteiger charge is 2.30. The molecule has 35 heavy (non-hydrogen) atoms. The summed E-state index contributed by atoms with van der Waals surface area (Å²) in [5, 5.41) is 10.3. The Kier molecular flexibility index (Phi) is 8.76. The van der Waals surface area contributed by atoms with E-state index in [0.717, 1.165) is 17.7 Å². The predicted molar refractivity (Wildman–Crippen MR) is 126 cm³/mol. The molecule has 1 heterocycles. The number of rotatable bonds is 8. The third-order valence-electron chi connectivity index (χ3n) is 4.80. The lowest BCUT2D eigenvalue weighted by atomic mass is 10.1. The summed E-state index contributed by atoms with van der Waals surface area (Å²) < 4.78 is 50.0. The number of hydroxylamine groups is 1. The minimum atomic E-state index is -4.54. The van der Waals surface area contributed by atoms with E-state index in [1.165, 1.54) is 25.4 Å². The summed E-state index contributed by atoms with van der Waals surface area (Å²) in [5.41, 5.74) is 1.89. The van der Waals surface area contributed by atoms with Crippen molar-refractivity contribution in [3.8, 4) is 17.2 Å². The molecular formula is C23H21Cl2F3N4O3. The van der Waals surface area contributed by atoms with Gasteiger partial charge in [-0.3, -0.25) is 15.7 Å². The molecule has 0 aliphatic rings. The number of hydrogen-bond donors (Lipinski definition) is 2. The first kappa shape index (κ1) is 26.5. The van der Waals surface area contributed by atoms with Gasteiger partial charge in [-0.2, -0.15) is 13.2 Å². The molecule has 0 saturated heterocycles. The van der Waals surface area contributed by atoms with E-state index in [2.05, 4.69) is 15.0 Å². The van der Waals surface area contributed by atoms with Gasteiger partial charge in [-0.25, -0.2) is 9.97 Å². The number of nitrogens with one attached hydrogen (secondary N) is 1. The largest absolute Gasteiger partial charge is 0.497 e. The second-order valence-electron chi connectivity index (χ2n) is 7.32. The summed E-state index contributed by atoms with van der Waals surface area (Å²) in [5.74, 6) is 0.764. The van der Waals surface area contributed by atoms with E-state index in [-0.39, 0.29) is 28.9 Å². The van der Waals surface area contributed by atoms with E-state index >= 15 is 0 Å². The number of aryl methyl sites for hydroxylation is 1. The van der Waals surface area contributed by atoms with Crippen molar-refractivity contribution in [1.82, 2.24) is 15.4 Å². The van der Waals surface area contributed by atoms with Crippen LogP contribution in [-0.4, -0.2) is 40.0 Å². The molecule has 186 valence electrons. The second-order valence-corrected chi connectivity index (χ2v) is 8.03. The topological polar surface area (TPSA) is 88.9 Å². The van der Waals surface area contributed by atoms with Crippen LogP contribution >= 0.6 is 23.2 Å². The molecule has 7 nitrogen and oxygen atoms in total. The van der Waals surface area contributed by atoms with Gasteiger partial charge in [0.2, 0.25) is 0 Å². The lowest BCUT2D eigenvalue weighted by molar-refractivity contribution is -0.137. The number of hydrogen-bond acceptors (Lipinski definition) is 6. The number of ether oxygens (including phenoxy) is 2. The van der Waals surface area contributed by atoms with E-state index in [1.54, 1.807) is 25.1 Å². The lowest BCUT2D eigenvalue weighted by Gasteiger charge is -2.16. The quantitative estimate of drug-likeness (QED) is 0.165. The number of alkyl halides is 4. The highest BCUT2D eigenvalue weighted by Crippen LogP contribution is 2.33.